The van der Waals surface area contributed by atoms with Crippen LogP contribution in [0.25, 0.3) is 0 Å². The van der Waals surface area contributed by atoms with Gasteiger partial charge in [0.05, 0.1) is 5.60 Å². The van der Waals surface area contributed by atoms with Crippen molar-refractivity contribution in [1.29, 1.82) is 0 Å². The van der Waals surface area contributed by atoms with Crippen LogP contribution in [0.15, 0.2) is 0 Å². The molecule has 3 saturated carbocycles. The Morgan fingerprint density at radius 2 is 1.79 bits per heavy atom. The number of hydrogen-bond acceptors (Lipinski definition) is 2. The van der Waals surface area contributed by atoms with Crippen LogP contribution >= 0.6 is 0 Å². The third-order valence-electron chi connectivity index (χ3n) is 6.77. The van der Waals surface area contributed by atoms with Gasteiger partial charge in [0.25, 0.3) is 0 Å². The summed E-state index contributed by atoms with van der Waals surface area (Å²) in [5.74, 6) is 4.06. The van der Waals surface area contributed by atoms with Gasteiger partial charge in [0, 0.05) is 12.6 Å². The second kappa shape index (κ2) is 4.73. The zero-order valence-electron chi connectivity index (χ0n) is 12.4. The molecule has 4 aliphatic rings. The molecule has 2 heteroatoms. The Balaban J connectivity index is 1.45. The molecule has 0 aromatic carbocycles. The summed E-state index contributed by atoms with van der Waals surface area (Å²) in [4.78, 5) is 0. The van der Waals surface area contributed by atoms with Gasteiger partial charge >= 0.3 is 0 Å². The summed E-state index contributed by atoms with van der Waals surface area (Å²) in [6.07, 6.45) is 12.6. The SMILES string of the molecule is CNC(C1CCOC2(CCCC2)C1)C1C2CCCC21. The molecule has 1 saturated heterocycles. The predicted molar refractivity (Wildman–Crippen MR) is 77.0 cm³/mol. The van der Waals surface area contributed by atoms with E-state index in [1.807, 2.05) is 0 Å². The Morgan fingerprint density at radius 1 is 1.05 bits per heavy atom. The quantitative estimate of drug-likeness (QED) is 0.843. The van der Waals surface area contributed by atoms with Crippen LogP contribution in [0, 0.1) is 23.7 Å². The molecule has 4 unspecified atom stereocenters. The van der Waals surface area contributed by atoms with E-state index in [1.165, 1.54) is 57.8 Å². The summed E-state index contributed by atoms with van der Waals surface area (Å²) in [6, 6.07) is 0.789. The predicted octanol–water partition coefficient (Wildman–Crippen LogP) is 3.36. The molecule has 4 fully saturated rings. The summed E-state index contributed by atoms with van der Waals surface area (Å²) >= 11 is 0. The lowest BCUT2D eigenvalue weighted by molar-refractivity contribution is -0.0992. The largest absolute Gasteiger partial charge is 0.375 e. The van der Waals surface area contributed by atoms with Crippen molar-refractivity contribution < 1.29 is 4.74 Å². The molecule has 3 aliphatic carbocycles. The van der Waals surface area contributed by atoms with Gasteiger partial charge in [-0.05, 0) is 69.2 Å². The van der Waals surface area contributed by atoms with E-state index in [-0.39, 0.29) is 0 Å². The Bertz CT molecular complexity index is 326. The first-order valence-corrected chi connectivity index (χ1v) is 8.64. The van der Waals surface area contributed by atoms with Crippen LogP contribution in [-0.2, 0) is 4.74 Å². The van der Waals surface area contributed by atoms with Crippen molar-refractivity contribution in [2.75, 3.05) is 13.7 Å². The van der Waals surface area contributed by atoms with Crippen LogP contribution in [0.1, 0.15) is 57.8 Å². The molecule has 4 rings (SSSR count). The molecule has 0 bridgehead atoms. The molecule has 108 valence electrons. The van der Waals surface area contributed by atoms with Gasteiger partial charge in [-0.1, -0.05) is 19.3 Å². The van der Waals surface area contributed by atoms with E-state index in [2.05, 4.69) is 12.4 Å². The van der Waals surface area contributed by atoms with Gasteiger partial charge in [0.1, 0.15) is 0 Å². The minimum absolute atomic E-state index is 0.294. The molecule has 4 atom stereocenters. The van der Waals surface area contributed by atoms with E-state index < -0.39 is 0 Å². The monoisotopic (exact) mass is 263 g/mol. The summed E-state index contributed by atoms with van der Waals surface area (Å²) in [5, 5.41) is 3.71. The number of ether oxygens (including phenoxy) is 1. The van der Waals surface area contributed by atoms with E-state index in [1.54, 1.807) is 0 Å². The fraction of sp³-hybridized carbons (Fsp3) is 1.00. The van der Waals surface area contributed by atoms with Gasteiger partial charge in [-0.25, -0.2) is 0 Å². The first kappa shape index (κ1) is 12.6. The Kier molecular flexibility index (Phi) is 3.15. The maximum absolute atomic E-state index is 6.22. The van der Waals surface area contributed by atoms with Crippen LogP contribution in [0.2, 0.25) is 0 Å². The lowest BCUT2D eigenvalue weighted by Crippen LogP contribution is -2.46. The van der Waals surface area contributed by atoms with Crippen LogP contribution < -0.4 is 5.32 Å². The summed E-state index contributed by atoms with van der Waals surface area (Å²) < 4.78 is 6.22. The zero-order valence-corrected chi connectivity index (χ0v) is 12.4. The number of fused-ring (bicyclic) bond motifs is 1. The molecule has 1 heterocycles. The van der Waals surface area contributed by atoms with Gasteiger partial charge in [0.15, 0.2) is 0 Å². The molecule has 0 aromatic rings. The second-order valence-electron chi connectivity index (χ2n) is 7.64. The molecule has 19 heavy (non-hydrogen) atoms. The summed E-state index contributed by atoms with van der Waals surface area (Å²) in [7, 11) is 2.20. The lowest BCUT2D eigenvalue weighted by atomic mass is 9.78. The standard InChI is InChI=1S/C17H29NO/c1-18-16(15-13-5-4-6-14(13)15)12-7-10-19-17(11-12)8-2-3-9-17/h12-16,18H,2-11H2,1H3. The van der Waals surface area contributed by atoms with Gasteiger partial charge in [-0.3, -0.25) is 0 Å². The minimum atomic E-state index is 0.294. The van der Waals surface area contributed by atoms with E-state index in [0.717, 1.165) is 36.3 Å². The Hall–Kier alpha value is -0.0800. The lowest BCUT2D eigenvalue weighted by Gasteiger charge is -2.42. The van der Waals surface area contributed by atoms with Crippen LogP contribution in [0.5, 0.6) is 0 Å². The highest BCUT2D eigenvalue weighted by molar-refractivity contribution is 5.08. The maximum Gasteiger partial charge on any atom is 0.0685 e. The number of rotatable bonds is 3. The topological polar surface area (TPSA) is 21.3 Å². The average Bonchev–Trinajstić information content (AvgIpc) is 2.84. The fourth-order valence-electron chi connectivity index (χ4n) is 5.89. The Labute approximate surface area is 117 Å². The minimum Gasteiger partial charge on any atom is -0.375 e. The third-order valence-corrected chi connectivity index (χ3v) is 6.77. The molecule has 0 amide bonds. The van der Waals surface area contributed by atoms with Crippen molar-refractivity contribution >= 4 is 0 Å². The molecule has 0 aromatic heterocycles. The smallest absolute Gasteiger partial charge is 0.0685 e. The molecule has 1 aliphatic heterocycles. The molecule has 1 spiro atoms. The van der Waals surface area contributed by atoms with Gasteiger partial charge < -0.3 is 10.1 Å². The molecular weight excluding hydrogens is 234 g/mol. The number of nitrogens with one attached hydrogen (secondary N) is 1. The molecule has 1 N–H and O–H groups in total. The normalized spacial score (nSPS) is 45.3. The molecule has 0 radical (unpaired) electrons. The zero-order chi connectivity index (χ0) is 12.9. The van der Waals surface area contributed by atoms with E-state index in [4.69, 9.17) is 4.74 Å². The van der Waals surface area contributed by atoms with Gasteiger partial charge in [-0.15, -0.1) is 0 Å². The first-order chi connectivity index (χ1) is 9.33. The van der Waals surface area contributed by atoms with Crippen LogP contribution in [0.4, 0.5) is 0 Å². The van der Waals surface area contributed by atoms with Crippen molar-refractivity contribution in [3.05, 3.63) is 0 Å². The second-order valence-corrected chi connectivity index (χ2v) is 7.64. The van der Waals surface area contributed by atoms with Gasteiger partial charge in [0.2, 0.25) is 0 Å². The third kappa shape index (κ3) is 2.06. The van der Waals surface area contributed by atoms with E-state index in [9.17, 15) is 0 Å². The van der Waals surface area contributed by atoms with Crippen molar-refractivity contribution in [2.45, 2.75) is 69.4 Å². The van der Waals surface area contributed by atoms with Crippen molar-refractivity contribution in [1.82, 2.24) is 5.32 Å². The fourth-order valence-corrected chi connectivity index (χ4v) is 5.89. The maximum atomic E-state index is 6.22. The van der Waals surface area contributed by atoms with E-state index in [0.29, 0.717) is 5.60 Å². The molecular formula is C17H29NO. The average molecular weight is 263 g/mol. The summed E-state index contributed by atoms with van der Waals surface area (Å²) in [5.41, 5.74) is 0.294. The summed E-state index contributed by atoms with van der Waals surface area (Å²) in [6.45, 7) is 1.02. The highest BCUT2D eigenvalue weighted by Crippen LogP contribution is 2.61. The highest BCUT2D eigenvalue weighted by atomic mass is 16.5. The number of hydrogen-bond donors (Lipinski definition) is 1. The van der Waals surface area contributed by atoms with Crippen LogP contribution in [0.3, 0.4) is 0 Å². The Morgan fingerprint density at radius 3 is 2.47 bits per heavy atom. The highest BCUT2D eigenvalue weighted by Gasteiger charge is 2.57. The first-order valence-electron chi connectivity index (χ1n) is 8.64. The van der Waals surface area contributed by atoms with Crippen molar-refractivity contribution in [2.24, 2.45) is 23.7 Å². The van der Waals surface area contributed by atoms with E-state index >= 15 is 0 Å². The van der Waals surface area contributed by atoms with Gasteiger partial charge in [-0.2, -0.15) is 0 Å². The van der Waals surface area contributed by atoms with Crippen molar-refractivity contribution in [3.63, 3.8) is 0 Å². The molecule has 2 nitrogen and oxygen atoms in total. The van der Waals surface area contributed by atoms with Crippen molar-refractivity contribution in [3.8, 4) is 0 Å². The van der Waals surface area contributed by atoms with Crippen LogP contribution in [-0.4, -0.2) is 25.3 Å².